The Hall–Kier alpha value is -4.66. The van der Waals surface area contributed by atoms with Gasteiger partial charge in [0.05, 0.1) is 29.9 Å². The van der Waals surface area contributed by atoms with Crippen molar-refractivity contribution in [3.05, 3.63) is 89.5 Å². The van der Waals surface area contributed by atoms with Gasteiger partial charge in [-0.1, -0.05) is 71.6 Å². The summed E-state index contributed by atoms with van der Waals surface area (Å²) in [6.45, 7) is 6.70. The van der Waals surface area contributed by atoms with Crippen LogP contribution in [0.3, 0.4) is 0 Å². The van der Waals surface area contributed by atoms with Gasteiger partial charge >= 0.3 is 23.9 Å². The van der Waals surface area contributed by atoms with Gasteiger partial charge in [-0.2, -0.15) is 0 Å². The molecule has 0 spiro atoms. The minimum absolute atomic E-state index is 0.189. The van der Waals surface area contributed by atoms with E-state index in [1.807, 2.05) is 0 Å². The topological polar surface area (TPSA) is 114 Å². The summed E-state index contributed by atoms with van der Waals surface area (Å²) in [7, 11) is 0. The Bertz CT molecular complexity index is 1410. The van der Waals surface area contributed by atoms with Gasteiger partial charge < -0.3 is 23.7 Å². The average Bonchev–Trinajstić information content (AvgIpc) is 3.10. The summed E-state index contributed by atoms with van der Waals surface area (Å²) in [4.78, 5) is 49.8. The van der Waals surface area contributed by atoms with E-state index in [0.29, 0.717) is 24.5 Å². The first-order chi connectivity index (χ1) is 23.3. The highest BCUT2D eigenvalue weighted by atomic mass is 16.6. The molecule has 0 aliphatic rings. The summed E-state index contributed by atoms with van der Waals surface area (Å²) >= 11 is 0. The molecule has 0 amide bonds. The average molecular weight is 661 g/mol. The molecule has 0 heterocycles. The number of benzene rings is 3. The fraction of sp³-hybridized carbons (Fsp3) is 0.436. The number of hydrogen-bond donors (Lipinski definition) is 0. The van der Waals surface area contributed by atoms with Crippen LogP contribution in [0.15, 0.2) is 72.8 Å². The smallest absolute Gasteiger partial charge is 0.347 e. The van der Waals surface area contributed by atoms with Crippen LogP contribution in [0.4, 0.5) is 0 Å². The van der Waals surface area contributed by atoms with E-state index in [1.165, 1.54) is 87.6 Å². The van der Waals surface area contributed by atoms with Crippen molar-refractivity contribution in [3.8, 4) is 17.2 Å². The van der Waals surface area contributed by atoms with Gasteiger partial charge in [-0.25, -0.2) is 19.2 Å². The first-order valence-corrected chi connectivity index (χ1v) is 17.1. The molecule has 0 N–H and O–H groups in total. The Balaban J connectivity index is 1.40. The molecule has 0 radical (unpaired) electrons. The highest BCUT2D eigenvalue weighted by Crippen LogP contribution is 2.20. The molecule has 1 atom stereocenters. The van der Waals surface area contributed by atoms with Gasteiger partial charge in [-0.3, -0.25) is 0 Å². The number of carbonyl (C=O) groups is 4. The Kier molecular flexibility index (Phi) is 16.7. The lowest BCUT2D eigenvalue weighted by Gasteiger charge is -2.13. The standard InChI is InChI=1S/C39H48O9/c1-4-6-8-10-11-12-14-27-44-33-21-15-31(16-22-33)38(42)47-35-25-19-32(20-26-35)39(43)48-34-23-17-30(18-24-34)37(41)46-29(3)36(40)45-28-13-9-7-5-2/h15-26,29H,4-14,27-28H2,1-3H3/t29-/m1/s1. The van der Waals surface area contributed by atoms with Gasteiger partial charge in [0.25, 0.3) is 0 Å². The molecule has 0 aliphatic carbocycles. The minimum atomic E-state index is -1.05. The number of unbranched alkanes of at least 4 members (excludes halogenated alkanes) is 9. The molecular weight excluding hydrogens is 612 g/mol. The Morgan fingerprint density at radius 1 is 0.500 bits per heavy atom. The summed E-state index contributed by atoms with van der Waals surface area (Å²) in [5.74, 6) is -1.28. The lowest BCUT2D eigenvalue weighted by atomic mass is 10.1. The number of carbonyl (C=O) groups excluding carboxylic acids is 4. The highest BCUT2D eigenvalue weighted by Gasteiger charge is 2.20. The zero-order valence-corrected chi connectivity index (χ0v) is 28.4. The van der Waals surface area contributed by atoms with Crippen molar-refractivity contribution in [3.63, 3.8) is 0 Å². The first-order valence-electron chi connectivity index (χ1n) is 17.1. The summed E-state index contributed by atoms with van der Waals surface area (Å²) in [6, 6.07) is 18.6. The molecule has 0 aliphatic heterocycles. The van der Waals surface area contributed by atoms with Crippen molar-refractivity contribution >= 4 is 23.9 Å². The number of rotatable bonds is 21. The third-order valence-corrected chi connectivity index (χ3v) is 7.57. The zero-order chi connectivity index (χ0) is 34.6. The second-order valence-corrected chi connectivity index (χ2v) is 11.6. The first kappa shape index (κ1) is 37.8. The normalized spacial score (nSPS) is 11.3. The largest absolute Gasteiger partial charge is 0.494 e. The molecule has 3 aromatic carbocycles. The van der Waals surface area contributed by atoms with Crippen LogP contribution in [0.1, 0.15) is 122 Å². The van der Waals surface area contributed by atoms with Crippen molar-refractivity contribution in [2.45, 2.75) is 97.5 Å². The lowest BCUT2D eigenvalue weighted by Crippen LogP contribution is -2.26. The summed E-state index contributed by atoms with van der Waals surface area (Å²) in [6.07, 6.45) is 11.3. The zero-order valence-electron chi connectivity index (χ0n) is 28.4. The van der Waals surface area contributed by atoms with E-state index in [1.54, 1.807) is 24.3 Å². The van der Waals surface area contributed by atoms with Gasteiger partial charge in [-0.05, 0) is 92.6 Å². The predicted molar refractivity (Wildman–Crippen MR) is 183 cm³/mol. The van der Waals surface area contributed by atoms with E-state index in [9.17, 15) is 19.2 Å². The van der Waals surface area contributed by atoms with E-state index in [2.05, 4.69) is 13.8 Å². The predicted octanol–water partition coefficient (Wildman–Crippen LogP) is 8.92. The van der Waals surface area contributed by atoms with E-state index < -0.39 is 30.0 Å². The van der Waals surface area contributed by atoms with Crippen LogP contribution in [0.25, 0.3) is 0 Å². The van der Waals surface area contributed by atoms with Crippen LogP contribution < -0.4 is 14.2 Å². The van der Waals surface area contributed by atoms with E-state index in [0.717, 1.165) is 38.5 Å². The third kappa shape index (κ3) is 13.6. The molecule has 0 aromatic heterocycles. The molecule has 3 aromatic rings. The van der Waals surface area contributed by atoms with Gasteiger partial charge in [0.15, 0.2) is 6.10 Å². The molecule has 9 heteroatoms. The lowest BCUT2D eigenvalue weighted by molar-refractivity contribution is -0.153. The van der Waals surface area contributed by atoms with E-state index >= 15 is 0 Å². The van der Waals surface area contributed by atoms with Crippen molar-refractivity contribution in [2.75, 3.05) is 13.2 Å². The fourth-order valence-corrected chi connectivity index (χ4v) is 4.68. The molecule has 0 fully saturated rings. The van der Waals surface area contributed by atoms with Gasteiger partial charge in [0.2, 0.25) is 0 Å². The maximum Gasteiger partial charge on any atom is 0.347 e. The van der Waals surface area contributed by atoms with Crippen LogP contribution in [0.2, 0.25) is 0 Å². The second kappa shape index (κ2) is 21.3. The number of ether oxygens (including phenoxy) is 5. The Morgan fingerprint density at radius 2 is 0.896 bits per heavy atom. The van der Waals surface area contributed by atoms with Crippen LogP contribution in [-0.4, -0.2) is 43.2 Å². The van der Waals surface area contributed by atoms with Crippen molar-refractivity contribution in [1.82, 2.24) is 0 Å². The summed E-state index contributed by atoms with van der Waals surface area (Å²) < 4.78 is 27.0. The van der Waals surface area contributed by atoms with Crippen LogP contribution in [-0.2, 0) is 14.3 Å². The summed E-state index contributed by atoms with van der Waals surface area (Å²) in [5, 5.41) is 0. The second-order valence-electron chi connectivity index (χ2n) is 11.6. The Labute approximate surface area is 283 Å². The molecule has 9 nitrogen and oxygen atoms in total. The highest BCUT2D eigenvalue weighted by molar-refractivity contribution is 5.93. The molecular formula is C39H48O9. The molecule has 0 bridgehead atoms. The molecule has 0 saturated carbocycles. The van der Waals surface area contributed by atoms with Gasteiger partial charge in [0.1, 0.15) is 17.2 Å². The fourth-order valence-electron chi connectivity index (χ4n) is 4.68. The van der Waals surface area contributed by atoms with E-state index in [-0.39, 0.29) is 22.6 Å². The third-order valence-electron chi connectivity index (χ3n) is 7.57. The maximum absolute atomic E-state index is 12.7. The van der Waals surface area contributed by atoms with Crippen LogP contribution >= 0.6 is 0 Å². The Morgan fingerprint density at radius 3 is 1.40 bits per heavy atom. The minimum Gasteiger partial charge on any atom is -0.494 e. The van der Waals surface area contributed by atoms with Crippen molar-refractivity contribution < 1.29 is 42.9 Å². The van der Waals surface area contributed by atoms with Crippen molar-refractivity contribution in [2.24, 2.45) is 0 Å². The molecule has 0 unspecified atom stereocenters. The number of esters is 4. The van der Waals surface area contributed by atoms with Crippen molar-refractivity contribution in [1.29, 1.82) is 0 Å². The maximum atomic E-state index is 12.7. The molecule has 0 saturated heterocycles. The SMILES string of the molecule is CCCCCCCCCOc1ccc(C(=O)Oc2ccc(C(=O)Oc3ccc(C(=O)O[C@H](C)C(=O)OCCCCCC)cc3)cc2)cc1. The molecule has 3 rings (SSSR count). The molecule has 48 heavy (non-hydrogen) atoms. The number of hydrogen-bond acceptors (Lipinski definition) is 9. The van der Waals surface area contributed by atoms with E-state index in [4.69, 9.17) is 23.7 Å². The van der Waals surface area contributed by atoms with Gasteiger partial charge in [0, 0.05) is 0 Å². The quantitative estimate of drug-likeness (QED) is 0.0627. The van der Waals surface area contributed by atoms with Gasteiger partial charge in [-0.15, -0.1) is 0 Å². The monoisotopic (exact) mass is 660 g/mol. The van der Waals surface area contributed by atoms with Crippen LogP contribution in [0, 0.1) is 0 Å². The molecule has 258 valence electrons. The van der Waals surface area contributed by atoms with Crippen LogP contribution in [0.5, 0.6) is 17.2 Å². The summed E-state index contributed by atoms with van der Waals surface area (Å²) in [5.41, 5.74) is 0.804.